The Morgan fingerprint density at radius 1 is 1.37 bits per heavy atom. The topological polar surface area (TPSA) is 75.6 Å². The van der Waals surface area contributed by atoms with Crippen LogP contribution in [0.25, 0.3) is 0 Å². The average Bonchev–Trinajstić information content (AvgIpc) is 2.96. The lowest BCUT2D eigenvalue weighted by Crippen LogP contribution is -2.31. The largest absolute Gasteiger partial charge is 0.467 e. The number of carbonyl (C=O) groups is 1. The molecule has 5 heteroatoms. The lowest BCUT2D eigenvalue weighted by atomic mass is 10.1. The first-order valence-corrected chi connectivity index (χ1v) is 6.06. The molecule has 1 unspecified atom stereocenters. The van der Waals surface area contributed by atoms with Crippen molar-refractivity contribution in [3.63, 3.8) is 0 Å². The molecule has 2 rings (SSSR count). The highest BCUT2D eigenvalue weighted by Crippen LogP contribution is 2.22. The molecule has 2 aromatic heterocycles. The number of nitrogens with one attached hydrogen (secondary N) is 1. The SMILES string of the molecule is Cc1oc(C)c(C(=O)NC(CO)c2ccco2)c1C. The second-order valence-corrected chi connectivity index (χ2v) is 4.44. The third kappa shape index (κ3) is 2.56. The number of aryl methyl sites for hydroxylation is 2. The lowest BCUT2D eigenvalue weighted by molar-refractivity contribution is 0.0905. The molecule has 2 N–H and O–H groups in total. The first-order chi connectivity index (χ1) is 9.04. The Labute approximate surface area is 111 Å². The van der Waals surface area contributed by atoms with Gasteiger partial charge in [-0.3, -0.25) is 4.79 Å². The molecule has 0 fully saturated rings. The van der Waals surface area contributed by atoms with Gasteiger partial charge in [-0.2, -0.15) is 0 Å². The zero-order valence-electron chi connectivity index (χ0n) is 11.2. The summed E-state index contributed by atoms with van der Waals surface area (Å²) in [6.45, 7) is 5.17. The summed E-state index contributed by atoms with van der Waals surface area (Å²) < 4.78 is 10.6. The van der Waals surface area contributed by atoms with Gasteiger partial charge in [-0.25, -0.2) is 0 Å². The van der Waals surface area contributed by atoms with Gasteiger partial charge in [0.2, 0.25) is 0 Å². The number of hydrogen-bond donors (Lipinski definition) is 2. The van der Waals surface area contributed by atoms with E-state index in [0.29, 0.717) is 17.1 Å². The summed E-state index contributed by atoms with van der Waals surface area (Å²) in [5.41, 5.74) is 1.33. The van der Waals surface area contributed by atoms with E-state index in [1.54, 1.807) is 19.1 Å². The quantitative estimate of drug-likeness (QED) is 0.887. The number of amides is 1. The first kappa shape index (κ1) is 13.4. The third-order valence-electron chi connectivity index (χ3n) is 3.16. The van der Waals surface area contributed by atoms with Gasteiger partial charge in [0.15, 0.2) is 0 Å². The maximum Gasteiger partial charge on any atom is 0.255 e. The molecular formula is C14H17NO4. The van der Waals surface area contributed by atoms with Crippen molar-refractivity contribution in [1.82, 2.24) is 5.32 Å². The van der Waals surface area contributed by atoms with Crippen molar-refractivity contribution in [3.05, 3.63) is 46.8 Å². The summed E-state index contributed by atoms with van der Waals surface area (Å²) in [4.78, 5) is 12.2. The highest BCUT2D eigenvalue weighted by atomic mass is 16.3. The van der Waals surface area contributed by atoms with Crippen LogP contribution < -0.4 is 5.32 Å². The minimum atomic E-state index is -0.559. The first-order valence-electron chi connectivity index (χ1n) is 6.06. The number of hydrogen-bond acceptors (Lipinski definition) is 4. The van der Waals surface area contributed by atoms with Gasteiger partial charge in [0, 0.05) is 5.56 Å². The molecule has 2 aromatic rings. The van der Waals surface area contributed by atoms with E-state index in [9.17, 15) is 9.90 Å². The zero-order valence-corrected chi connectivity index (χ0v) is 11.2. The van der Waals surface area contributed by atoms with Gasteiger partial charge in [-0.05, 0) is 32.9 Å². The molecule has 0 saturated heterocycles. The van der Waals surface area contributed by atoms with Crippen LogP contribution in [0.4, 0.5) is 0 Å². The second-order valence-electron chi connectivity index (χ2n) is 4.44. The van der Waals surface area contributed by atoms with Gasteiger partial charge >= 0.3 is 0 Å². The van der Waals surface area contributed by atoms with E-state index in [4.69, 9.17) is 8.83 Å². The predicted octanol–water partition coefficient (Wildman–Crippen LogP) is 2.26. The van der Waals surface area contributed by atoms with Crippen LogP contribution in [0.3, 0.4) is 0 Å². The van der Waals surface area contributed by atoms with Crippen molar-refractivity contribution in [2.45, 2.75) is 26.8 Å². The van der Waals surface area contributed by atoms with Gasteiger partial charge < -0.3 is 19.3 Å². The number of furan rings is 2. The summed E-state index contributed by atoms with van der Waals surface area (Å²) in [5.74, 6) is 1.54. The Morgan fingerprint density at radius 3 is 2.58 bits per heavy atom. The maximum absolute atomic E-state index is 12.2. The van der Waals surface area contributed by atoms with E-state index in [2.05, 4.69) is 5.32 Å². The number of carbonyl (C=O) groups excluding carboxylic acids is 1. The Morgan fingerprint density at radius 2 is 2.11 bits per heavy atom. The van der Waals surface area contributed by atoms with Crippen LogP contribution >= 0.6 is 0 Å². The second kappa shape index (κ2) is 5.32. The molecule has 0 radical (unpaired) electrons. The van der Waals surface area contributed by atoms with Crippen LogP contribution in [0, 0.1) is 20.8 Å². The fourth-order valence-corrected chi connectivity index (χ4v) is 2.05. The van der Waals surface area contributed by atoms with Gasteiger partial charge in [-0.1, -0.05) is 0 Å². The van der Waals surface area contributed by atoms with E-state index in [0.717, 1.165) is 11.3 Å². The van der Waals surface area contributed by atoms with E-state index in [1.807, 2.05) is 13.8 Å². The molecule has 0 bridgehead atoms. The normalized spacial score (nSPS) is 12.4. The zero-order chi connectivity index (χ0) is 14.0. The van der Waals surface area contributed by atoms with Crippen molar-refractivity contribution >= 4 is 5.91 Å². The summed E-state index contributed by atoms with van der Waals surface area (Å²) in [6, 6.07) is 2.86. The minimum Gasteiger partial charge on any atom is -0.467 e. The minimum absolute atomic E-state index is 0.228. The Kier molecular flexibility index (Phi) is 3.76. The molecule has 0 aliphatic heterocycles. The molecule has 0 aromatic carbocycles. The average molecular weight is 263 g/mol. The molecule has 2 heterocycles. The summed E-state index contributed by atoms with van der Waals surface area (Å²) >= 11 is 0. The maximum atomic E-state index is 12.2. The Balaban J connectivity index is 2.21. The van der Waals surface area contributed by atoms with Gasteiger partial charge in [0.05, 0.1) is 18.4 Å². The third-order valence-corrected chi connectivity index (χ3v) is 3.16. The molecule has 0 aliphatic carbocycles. The standard InChI is InChI=1S/C14H17NO4/c1-8-9(2)19-10(3)13(8)14(17)15-11(7-16)12-5-4-6-18-12/h4-6,11,16H,7H2,1-3H3,(H,15,17). The van der Waals surface area contributed by atoms with Crippen LogP contribution in [0.5, 0.6) is 0 Å². The highest BCUT2D eigenvalue weighted by molar-refractivity contribution is 5.97. The number of rotatable bonds is 4. The molecule has 1 amide bonds. The van der Waals surface area contributed by atoms with Crippen LogP contribution in [0.1, 0.15) is 39.2 Å². The molecule has 1 atom stereocenters. The highest BCUT2D eigenvalue weighted by Gasteiger charge is 2.22. The Hall–Kier alpha value is -2.01. The summed E-state index contributed by atoms with van der Waals surface area (Å²) in [7, 11) is 0. The fraction of sp³-hybridized carbons (Fsp3) is 0.357. The van der Waals surface area contributed by atoms with Crippen molar-refractivity contribution in [2.24, 2.45) is 0 Å². The molecule has 0 saturated carbocycles. The monoisotopic (exact) mass is 263 g/mol. The van der Waals surface area contributed by atoms with E-state index in [-0.39, 0.29) is 12.5 Å². The fourth-order valence-electron chi connectivity index (χ4n) is 2.05. The number of aliphatic hydroxyl groups excluding tert-OH is 1. The summed E-state index contributed by atoms with van der Waals surface area (Å²) in [5, 5.41) is 12.1. The van der Waals surface area contributed by atoms with E-state index >= 15 is 0 Å². The molecule has 0 aliphatic rings. The molecule has 5 nitrogen and oxygen atoms in total. The van der Waals surface area contributed by atoms with Crippen molar-refractivity contribution in [1.29, 1.82) is 0 Å². The van der Waals surface area contributed by atoms with Crippen LogP contribution in [-0.2, 0) is 0 Å². The van der Waals surface area contributed by atoms with E-state index < -0.39 is 6.04 Å². The van der Waals surface area contributed by atoms with Gasteiger partial charge in [-0.15, -0.1) is 0 Å². The lowest BCUT2D eigenvalue weighted by Gasteiger charge is -2.13. The van der Waals surface area contributed by atoms with Gasteiger partial charge in [0.25, 0.3) is 5.91 Å². The Bertz CT molecular complexity index is 569. The van der Waals surface area contributed by atoms with Gasteiger partial charge in [0.1, 0.15) is 23.3 Å². The van der Waals surface area contributed by atoms with Crippen molar-refractivity contribution in [3.8, 4) is 0 Å². The summed E-state index contributed by atoms with van der Waals surface area (Å²) in [6.07, 6.45) is 1.50. The molecule has 0 spiro atoms. The molecule has 102 valence electrons. The molecular weight excluding hydrogens is 246 g/mol. The van der Waals surface area contributed by atoms with Crippen molar-refractivity contribution in [2.75, 3.05) is 6.61 Å². The predicted molar refractivity (Wildman–Crippen MR) is 68.9 cm³/mol. The molecule has 19 heavy (non-hydrogen) atoms. The van der Waals surface area contributed by atoms with Crippen LogP contribution in [0.15, 0.2) is 27.2 Å². The van der Waals surface area contributed by atoms with Crippen LogP contribution in [-0.4, -0.2) is 17.6 Å². The van der Waals surface area contributed by atoms with Crippen LogP contribution in [0.2, 0.25) is 0 Å². The smallest absolute Gasteiger partial charge is 0.255 e. The van der Waals surface area contributed by atoms with Crippen molar-refractivity contribution < 1.29 is 18.7 Å². The van der Waals surface area contributed by atoms with E-state index in [1.165, 1.54) is 6.26 Å². The number of aliphatic hydroxyl groups is 1.